The molecule has 0 unspecified atom stereocenters. The SMILES string of the molecule is NNc1cc(C2CCCC2)nc(-c2ccc(Cl)c(Cl)c2)n1. The second kappa shape index (κ2) is 6.18. The highest BCUT2D eigenvalue weighted by atomic mass is 35.5. The second-order valence-electron chi connectivity index (χ2n) is 5.26. The number of benzene rings is 1. The van der Waals surface area contributed by atoms with Gasteiger partial charge in [-0.15, -0.1) is 0 Å². The molecule has 4 nitrogen and oxygen atoms in total. The highest BCUT2D eigenvalue weighted by Crippen LogP contribution is 2.35. The summed E-state index contributed by atoms with van der Waals surface area (Å²) in [5.74, 6) is 7.25. The zero-order valence-corrected chi connectivity index (χ0v) is 13.0. The predicted octanol–water partition coefficient (Wildman–Crippen LogP) is 4.39. The number of nitrogen functional groups attached to an aromatic ring is 1. The monoisotopic (exact) mass is 322 g/mol. The maximum Gasteiger partial charge on any atom is 0.161 e. The van der Waals surface area contributed by atoms with Crippen molar-refractivity contribution in [1.82, 2.24) is 9.97 Å². The number of rotatable bonds is 3. The number of anilines is 1. The Morgan fingerprint density at radius 1 is 1.05 bits per heavy atom. The summed E-state index contributed by atoms with van der Waals surface area (Å²) in [6.07, 6.45) is 4.84. The molecule has 0 radical (unpaired) electrons. The van der Waals surface area contributed by atoms with Crippen molar-refractivity contribution in [3.8, 4) is 11.4 Å². The third-order valence-corrected chi connectivity index (χ3v) is 4.58. The molecule has 6 heteroatoms. The summed E-state index contributed by atoms with van der Waals surface area (Å²) >= 11 is 12.0. The summed E-state index contributed by atoms with van der Waals surface area (Å²) in [6, 6.07) is 7.32. The summed E-state index contributed by atoms with van der Waals surface area (Å²) < 4.78 is 0. The number of aromatic nitrogens is 2. The molecule has 0 aliphatic heterocycles. The first kappa shape index (κ1) is 14.6. The van der Waals surface area contributed by atoms with Gasteiger partial charge in [-0.25, -0.2) is 15.8 Å². The Hall–Kier alpha value is -1.36. The van der Waals surface area contributed by atoms with Crippen LogP contribution in [0.1, 0.15) is 37.3 Å². The first-order valence-electron chi connectivity index (χ1n) is 6.98. The smallest absolute Gasteiger partial charge is 0.161 e. The lowest BCUT2D eigenvalue weighted by molar-refractivity contribution is 0.695. The minimum Gasteiger partial charge on any atom is -0.308 e. The number of hydrogen-bond acceptors (Lipinski definition) is 4. The van der Waals surface area contributed by atoms with Gasteiger partial charge in [0.1, 0.15) is 5.82 Å². The van der Waals surface area contributed by atoms with Crippen LogP contribution in [0, 0.1) is 0 Å². The van der Waals surface area contributed by atoms with Gasteiger partial charge in [0.15, 0.2) is 5.82 Å². The van der Waals surface area contributed by atoms with Gasteiger partial charge in [-0.2, -0.15) is 0 Å². The molecule has 1 aromatic heterocycles. The molecule has 1 fully saturated rings. The van der Waals surface area contributed by atoms with Crippen molar-refractivity contribution in [2.45, 2.75) is 31.6 Å². The first-order valence-corrected chi connectivity index (χ1v) is 7.74. The van der Waals surface area contributed by atoms with Gasteiger partial charge >= 0.3 is 0 Å². The lowest BCUT2D eigenvalue weighted by Crippen LogP contribution is -2.11. The average Bonchev–Trinajstić information content (AvgIpc) is 3.04. The van der Waals surface area contributed by atoms with E-state index >= 15 is 0 Å². The van der Waals surface area contributed by atoms with E-state index in [0.29, 0.717) is 27.6 Å². The van der Waals surface area contributed by atoms with Crippen LogP contribution < -0.4 is 11.3 Å². The fourth-order valence-corrected chi connectivity index (χ4v) is 3.03. The van der Waals surface area contributed by atoms with Crippen molar-refractivity contribution in [3.63, 3.8) is 0 Å². The Morgan fingerprint density at radius 2 is 1.81 bits per heavy atom. The molecule has 0 spiro atoms. The van der Waals surface area contributed by atoms with Gasteiger partial charge in [0, 0.05) is 23.2 Å². The summed E-state index contributed by atoms with van der Waals surface area (Å²) in [6.45, 7) is 0. The van der Waals surface area contributed by atoms with E-state index in [0.717, 1.165) is 11.3 Å². The molecule has 0 saturated heterocycles. The predicted molar refractivity (Wildman–Crippen MR) is 86.5 cm³/mol. The molecule has 1 aliphatic rings. The molecule has 110 valence electrons. The van der Waals surface area contributed by atoms with Crippen molar-refractivity contribution in [2.24, 2.45) is 5.84 Å². The molecular weight excluding hydrogens is 307 g/mol. The van der Waals surface area contributed by atoms with E-state index < -0.39 is 0 Å². The number of hydrazine groups is 1. The lowest BCUT2D eigenvalue weighted by atomic mass is 10.0. The molecule has 0 amide bonds. The number of nitrogens with two attached hydrogens (primary N) is 1. The molecule has 3 N–H and O–H groups in total. The summed E-state index contributed by atoms with van der Waals surface area (Å²) in [5.41, 5.74) is 4.49. The maximum atomic E-state index is 6.08. The molecule has 2 aromatic rings. The maximum absolute atomic E-state index is 6.08. The van der Waals surface area contributed by atoms with Crippen LogP contribution in [0.2, 0.25) is 10.0 Å². The topological polar surface area (TPSA) is 63.8 Å². The Bertz CT molecular complexity index is 654. The number of hydrogen-bond donors (Lipinski definition) is 2. The van der Waals surface area contributed by atoms with Gasteiger partial charge in [0.05, 0.1) is 10.0 Å². The Kier molecular flexibility index (Phi) is 4.29. The number of nitrogens with one attached hydrogen (secondary N) is 1. The normalized spacial score (nSPS) is 15.4. The molecule has 3 rings (SSSR count). The second-order valence-corrected chi connectivity index (χ2v) is 6.07. The van der Waals surface area contributed by atoms with Crippen molar-refractivity contribution >= 4 is 29.0 Å². The van der Waals surface area contributed by atoms with E-state index in [1.54, 1.807) is 12.1 Å². The molecule has 1 aliphatic carbocycles. The Morgan fingerprint density at radius 3 is 2.48 bits per heavy atom. The molecule has 0 atom stereocenters. The fraction of sp³-hybridized carbons (Fsp3) is 0.333. The molecular formula is C15H16Cl2N4. The van der Waals surface area contributed by atoms with Crippen molar-refractivity contribution in [2.75, 3.05) is 5.43 Å². The van der Waals surface area contributed by atoms with Crippen LogP contribution in [-0.4, -0.2) is 9.97 Å². The van der Waals surface area contributed by atoms with Crippen LogP contribution >= 0.6 is 23.2 Å². The minimum atomic E-state index is 0.488. The van der Waals surface area contributed by atoms with Gasteiger partial charge in [-0.1, -0.05) is 36.0 Å². The zero-order chi connectivity index (χ0) is 14.8. The lowest BCUT2D eigenvalue weighted by Gasteiger charge is -2.12. The van der Waals surface area contributed by atoms with Crippen LogP contribution in [0.5, 0.6) is 0 Å². The standard InChI is InChI=1S/C15H16Cl2N4/c16-11-6-5-10(7-12(11)17)15-19-13(8-14(20-15)21-18)9-3-1-2-4-9/h5-9H,1-4,18H2,(H,19,20,21). The van der Waals surface area contributed by atoms with Crippen molar-refractivity contribution in [3.05, 3.63) is 40.0 Å². The summed E-state index contributed by atoms with van der Waals surface area (Å²) in [4.78, 5) is 9.11. The van der Waals surface area contributed by atoms with E-state index in [4.69, 9.17) is 34.0 Å². The third kappa shape index (κ3) is 3.12. The van der Waals surface area contributed by atoms with Crippen LogP contribution in [0.4, 0.5) is 5.82 Å². The third-order valence-electron chi connectivity index (χ3n) is 3.85. The van der Waals surface area contributed by atoms with E-state index in [9.17, 15) is 0 Å². The van der Waals surface area contributed by atoms with Gasteiger partial charge in [-0.3, -0.25) is 0 Å². The number of halogens is 2. The molecule has 1 aromatic carbocycles. The van der Waals surface area contributed by atoms with Crippen LogP contribution in [0.25, 0.3) is 11.4 Å². The molecule has 1 heterocycles. The molecule has 1 saturated carbocycles. The zero-order valence-electron chi connectivity index (χ0n) is 11.4. The van der Waals surface area contributed by atoms with Crippen LogP contribution in [0.3, 0.4) is 0 Å². The van der Waals surface area contributed by atoms with Gasteiger partial charge in [0.25, 0.3) is 0 Å². The quantitative estimate of drug-likeness (QED) is 0.649. The van der Waals surface area contributed by atoms with Crippen molar-refractivity contribution in [1.29, 1.82) is 0 Å². The van der Waals surface area contributed by atoms with Gasteiger partial charge in [-0.05, 0) is 31.0 Å². The fourth-order valence-electron chi connectivity index (χ4n) is 2.73. The summed E-state index contributed by atoms with van der Waals surface area (Å²) in [5, 5.41) is 1.01. The minimum absolute atomic E-state index is 0.488. The number of nitrogens with zero attached hydrogens (tertiary/aromatic N) is 2. The Labute approximate surface area is 133 Å². The Balaban J connectivity index is 2.04. The van der Waals surface area contributed by atoms with E-state index in [1.807, 2.05) is 12.1 Å². The molecule has 21 heavy (non-hydrogen) atoms. The molecule has 0 bridgehead atoms. The first-order chi connectivity index (χ1) is 10.2. The highest BCUT2D eigenvalue weighted by molar-refractivity contribution is 6.42. The summed E-state index contributed by atoms with van der Waals surface area (Å²) in [7, 11) is 0. The van der Waals surface area contributed by atoms with E-state index in [-0.39, 0.29) is 0 Å². The average molecular weight is 323 g/mol. The highest BCUT2D eigenvalue weighted by Gasteiger charge is 2.20. The van der Waals surface area contributed by atoms with E-state index in [2.05, 4.69) is 10.4 Å². The van der Waals surface area contributed by atoms with E-state index in [1.165, 1.54) is 25.7 Å². The van der Waals surface area contributed by atoms with Crippen LogP contribution in [-0.2, 0) is 0 Å². The van der Waals surface area contributed by atoms with Gasteiger partial charge in [0.2, 0.25) is 0 Å². The largest absolute Gasteiger partial charge is 0.308 e. The van der Waals surface area contributed by atoms with Crippen LogP contribution in [0.15, 0.2) is 24.3 Å². The van der Waals surface area contributed by atoms with Crippen molar-refractivity contribution < 1.29 is 0 Å². The van der Waals surface area contributed by atoms with Gasteiger partial charge < -0.3 is 5.43 Å².